The Balaban J connectivity index is 0.00000324. The second kappa shape index (κ2) is 7.77. The van der Waals surface area contributed by atoms with Crippen LogP contribution in [0.3, 0.4) is 0 Å². The van der Waals surface area contributed by atoms with Gasteiger partial charge >= 0.3 is 24.8 Å². The first-order valence-corrected chi connectivity index (χ1v) is 5.32. The van der Waals surface area contributed by atoms with Crippen LogP contribution in [0.2, 0.25) is 0 Å². The molecule has 0 saturated heterocycles. The Labute approximate surface area is 122 Å². The molecule has 19 heavy (non-hydrogen) atoms. The zero-order valence-electron chi connectivity index (χ0n) is 11.0. The summed E-state index contributed by atoms with van der Waals surface area (Å²) < 4.78 is 17.2. The van der Waals surface area contributed by atoms with Crippen LogP contribution in [0, 0.1) is 5.82 Å². The number of carbonyl (C=O) groups excluding carboxylic acids is 2. The van der Waals surface area contributed by atoms with Crippen LogP contribution < -0.4 is 24.0 Å². The van der Waals surface area contributed by atoms with Crippen molar-refractivity contribution in [1.29, 1.82) is 0 Å². The fourth-order valence-electron chi connectivity index (χ4n) is 1.27. The molecular formula is C13H12FLiO4. The van der Waals surface area contributed by atoms with E-state index in [0.717, 1.165) is 12.1 Å². The van der Waals surface area contributed by atoms with Crippen LogP contribution in [0.5, 0.6) is 0 Å². The topological polar surface area (TPSA) is 66.4 Å². The van der Waals surface area contributed by atoms with Crippen molar-refractivity contribution in [2.45, 2.75) is 13.8 Å². The maximum absolute atomic E-state index is 12.7. The Morgan fingerprint density at radius 3 is 2.26 bits per heavy atom. The summed E-state index contributed by atoms with van der Waals surface area (Å²) in [7, 11) is 0. The van der Waals surface area contributed by atoms with Crippen LogP contribution in [0.15, 0.2) is 29.8 Å². The SMILES string of the molecule is CCOC(=O)C(=O)C(C)=C([O-])c1ccc(F)cc1.[Li+]. The van der Waals surface area contributed by atoms with E-state index in [4.69, 9.17) is 0 Å². The van der Waals surface area contributed by atoms with E-state index in [1.165, 1.54) is 19.1 Å². The molecule has 0 N–H and O–H groups in total. The van der Waals surface area contributed by atoms with Crippen LogP contribution in [0.1, 0.15) is 19.4 Å². The van der Waals surface area contributed by atoms with Crippen LogP contribution in [-0.4, -0.2) is 18.4 Å². The van der Waals surface area contributed by atoms with Crippen molar-refractivity contribution in [3.05, 3.63) is 41.2 Å². The van der Waals surface area contributed by atoms with Gasteiger partial charge in [0.05, 0.1) is 6.61 Å². The van der Waals surface area contributed by atoms with Gasteiger partial charge in [0.25, 0.3) is 5.78 Å². The standard InChI is InChI=1S/C13H13FO4.Li/c1-3-18-13(17)12(16)8(2)11(15)9-4-6-10(14)7-5-9;/h4-7,15H,3H2,1-2H3;/q;+1/p-1. The maximum Gasteiger partial charge on any atom is 1.00 e. The van der Waals surface area contributed by atoms with Gasteiger partial charge in [0.2, 0.25) is 0 Å². The first kappa shape index (κ1) is 17.4. The van der Waals surface area contributed by atoms with Gasteiger partial charge in [-0.15, -0.1) is 0 Å². The molecule has 1 aromatic rings. The molecule has 96 valence electrons. The van der Waals surface area contributed by atoms with Gasteiger partial charge in [-0.2, -0.15) is 0 Å². The first-order valence-electron chi connectivity index (χ1n) is 5.32. The number of halogens is 1. The smallest absolute Gasteiger partial charge is 0.872 e. The summed E-state index contributed by atoms with van der Waals surface area (Å²) in [6.07, 6.45) is 0. The van der Waals surface area contributed by atoms with Gasteiger partial charge in [-0.25, -0.2) is 9.18 Å². The summed E-state index contributed by atoms with van der Waals surface area (Å²) in [4.78, 5) is 22.7. The molecule has 0 radical (unpaired) electrons. The van der Waals surface area contributed by atoms with Crippen molar-refractivity contribution in [3.8, 4) is 0 Å². The molecule has 0 aliphatic carbocycles. The predicted molar refractivity (Wildman–Crippen MR) is 60.6 cm³/mol. The molecule has 6 heteroatoms. The molecule has 0 amide bonds. The monoisotopic (exact) mass is 258 g/mol. The van der Waals surface area contributed by atoms with E-state index >= 15 is 0 Å². The fraction of sp³-hybridized carbons (Fsp3) is 0.231. The van der Waals surface area contributed by atoms with Crippen molar-refractivity contribution < 1.29 is 42.7 Å². The Hall–Kier alpha value is -1.57. The minimum atomic E-state index is -1.06. The largest absolute Gasteiger partial charge is 1.00 e. The van der Waals surface area contributed by atoms with E-state index in [9.17, 15) is 19.1 Å². The summed E-state index contributed by atoms with van der Waals surface area (Å²) in [5, 5.41) is 11.8. The molecule has 1 aromatic carbocycles. The second-order valence-electron chi connectivity index (χ2n) is 3.51. The third kappa shape index (κ3) is 4.55. The van der Waals surface area contributed by atoms with E-state index < -0.39 is 23.3 Å². The number of hydrogen-bond donors (Lipinski definition) is 0. The number of rotatable bonds is 4. The van der Waals surface area contributed by atoms with Crippen molar-refractivity contribution in [2.75, 3.05) is 6.61 Å². The Kier molecular flexibility index (Phi) is 7.13. The summed E-state index contributed by atoms with van der Waals surface area (Å²) >= 11 is 0. The molecule has 4 nitrogen and oxygen atoms in total. The number of Topliss-reactive ketones (excluding diaryl/α,β-unsaturated/α-hetero) is 1. The number of ketones is 1. The number of ether oxygens (including phenoxy) is 1. The number of esters is 1. The van der Waals surface area contributed by atoms with E-state index in [2.05, 4.69) is 4.74 Å². The number of hydrogen-bond acceptors (Lipinski definition) is 4. The average molecular weight is 258 g/mol. The van der Waals surface area contributed by atoms with Crippen LogP contribution >= 0.6 is 0 Å². The summed E-state index contributed by atoms with van der Waals surface area (Å²) in [6, 6.07) is 4.71. The molecule has 0 aliphatic rings. The average Bonchev–Trinajstić information content (AvgIpc) is 2.37. The summed E-state index contributed by atoms with van der Waals surface area (Å²) in [5.74, 6) is -3.15. The molecule has 0 atom stereocenters. The first-order chi connectivity index (χ1) is 8.47. The Morgan fingerprint density at radius 1 is 1.26 bits per heavy atom. The minimum Gasteiger partial charge on any atom is -0.872 e. The van der Waals surface area contributed by atoms with Crippen molar-refractivity contribution >= 4 is 17.5 Å². The zero-order valence-corrected chi connectivity index (χ0v) is 11.0. The van der Waals surface area contributed by atoms with Crippen LogP contribution in [0.4, 0.5) is 4.39 Å². The van der Waals surface area contributed by atoms with Crippen molar-refractivity contribution in [1.82, 2.24) is 0 Å². The third-order valence-corrected chi connectivity index (χ3v) is 2.25. The maximum atomic E-state index is 12.7. The molecule has 0 aromatic heterocycles. The van der Waals surface area contributed by atoms with Gasteiger partial charge in [0, 0.05) is 0 Å². The van der Waals surface area contributed by atoms with Gasteiger partial charge < -0.3 is 9.84 Å². The minimum absolute atomic E-state index is 0. The Morgan fingerprint density at radius 2 is 1.79 bits per heavy atom. The van der Waals surface area contributed by atoms with Gasteiger partial charge in [-0.1, -0.05) is 17.9 Å². The molecule has 0 saturated carbocycles. The van der Waals surface area contributed by atoms with Crippen LogP contribution in [0.25, 0.3) is 5.76 Å². The van der Waals surface area contributed by atoms with E-state index in [1.54, 1.807) is 6.92 Å². The van der Waals surface area contributed by atoms with Gasteiger partial charge in [-0.05, 0) is 37.1 Å². The molecular weight excluding hydrogens is 246 g/mol. The van der Waals surface area contributed by atoms with Gasteiger partial charge in [0.15, 0.2) is 0 Å². The third-order valence-electron chi connectivity index (χ3n) is 2.25. The Bertz CT molecular complexity index is 494. The predicted octanol–water partition coefficient (Wildman–Crippen LogP) is -1.95. The molecule has 0 bridgehead atoms. The van der Waals surface area contributed by atoms with E-state index in [0.29, 0.717) is 0 Å². The van der Waals surface area contributed by atoms with Gasteiger partial charge in [0.1, 0.15) is 5.82 Å². The van der Waals surface area contributed by atoms with Crippen LogP contribution in [-0.2, 0) is 14.3 Å². The molecule has 0 fully saturated rings. The molecule has 1 rings (SSSR count). The normalized spacial score (nSPS) is 11.1. The molecule has 0 unspecified atom stereocenters. The second-order valence-corrected chi connectivity index (χ2v) is 3.51. The van der Waals surface area contributed by atoms with Gasteiger partial charge in [-0.3, -0.25) is 4.79 Å². The summed E-state index contributed by atoms with van der Waals surface area (Å²) in [6.45, 7) is 2.86. The number of benzene rings is 1. The van der Waals surface area contributed by atoms with Crippen molar-refractivity contribution in [2.24, 2.45) is 0 Å². The molecule has 0 aliphatic heterocycles. The fourth-order valence-corrected chi connectivity index (χ4v) is 1.27. The number of carbonyl (C=O) groups is 2. The zero-order chi connectivity index (χ0) is 13.7. The van der Waals surface area contributed by atoms with Crippen molar-refractivity contribution in [3.63, 3.8) is 0 Å². The van der Waals surface area contributed by atoms with E-state index in [-0.39, 0.29) is 36.6 Å². The quantitative estimate of drug-likeness (QED) is 0.207. The molecule has 0 heterocycles. The summed E-state index contributed by atoms with van der Waals surface area (Å²) in [5.41, 5.74) is -0.105. The molecule has 0 spiro atoms. The van der Waals surface area contributed by atoms with E-state index in [1.807, 2.05) is 0 Å².